The molecule has 0 fully saturated rings. The van der Waals surface area contributed by atoms with Crippen LogP contribution in [0.1, 0.15) is 35.6 Å². The van der Waals surface area contributed by atoms with Gasteiger partial charge in [-0.2, -0.15) is 0 Å². The first-order valence-corrected chi connectivity index (χ1v) is 8.98. The summed E-state index contributed by atoms with van der Waals surface area (Å²) in [6, 6.07) is 16.7. The molecule has 3 aromatic rings. The van der Waals surface area contributed by atoms with Crippen molar-refractivity contribution in [2.45, 2.75) is 31.7 Å². The van der Waals surface area contributed by atoms with Gasteiger partial charge in [0.1, 0.15) is 0 Å². The molecule has 1 aromatic heterocycles. The molecule has 0 unspecified atom stereocenters. The van der Waals surface area contributed by atoms with Crippen LogP contribution >= 0.6 is 0 Å². The first-order valence-electron chi connectivity index (χ1n) is 8.98. The van der Waals surface area contributed by atoms with Gasteiger partial charge in [-0.15, -0.1) is 0 Å². The van der Waals surface area contributed by atoms with Crippen LogP contribution in [0.2, 0.25) is 0 Å². The van der Waals surface area contributed by atoms with Crippen LogP contribution in [-0.2, 0) is 12.8 Å². The van der Waals surface area contributed by atoms with E-state index < -0.39 is 0 Å². The quantitative estimate of drug-likeness (QED) is 0.662. The Kier molecular flexibility index (Phi) is 4.42. The minimum atomic E-state index is -0.0819. The lowest BCUT2D eigenvalue weighted by Crippen LogP contribution is -2.39. The number of fused-ring (bicyclic) bond motifs is 2. The molecule has 4 rings (SSSR count). The van der Waals surface area contributed by atoms with Crippen LogP contribution in [0.15, 0.2) is 54.7 Å². The van der Waals surface area contributed by atoms with E-state index >= 15 is 0 Å². The summed E-state index contributed by atoms with van der Waals surface area (Å²) >= 11 is 0. The summed E-state index contributed by atoms with van der Waals surface area (Å²) in [7, 11) is 0. The smallest absolute Gasteiger partial charge is 0.315 e. The number of nitrogens with one attached hydrogen (secondary N) is 3. The summed E-state index contributed by atoms with van der Waals surface area (Å²) < 4.78 is 0. The molecule has 4 nitrogen and oxygen atoms in total. The monoisotopic (exact) mass is 333 g/mol. The molecule has 0 radical (unpaired) electrons. The van der Waals surface area contributed by atoms with Crippen molar-refractivity contribution in [1.82, 2.24) is 15.6 Å². The molecule has 3 N–H and O–H groups in total. The van der Waals surface area contributed by atoms with Crippen molar-refractivity contribution in [3.63, 3.8) is 0 Å². The number of hydrogen-bond donors (Lipinski definition) is 3. The Labute approximate surface area is 147 Å². The molecule has 0 aliphatic heterocycles. The summed E-state index contributed by atoms with van der Waals surface area (Å²) in [4.78, 5) is 15.6. The first-order chi connectivity index (χ1) is 12.3. The lowest BCUT2D eigenvalue weighted by Gasteiger charge is -2.26. The topological polar surface area (TPSA) is 56.9 Å². The maximum atomic E-state index is 12.3. The number of hydrogen-bond acceptors (Lipinski definition) is 1. The Morgan fingerprint density at radius 3 is 2.92 bits per heavy atom. The number of urea groups is 1. The van der Waals surface area contributed by atoms with Crippen LogP contribution in [0.5, 0.6) is 0 Å². The Bertz CT molecular complexity index is 883. The summed E-state index contributed by atoms with van der Waals surface area (Å²) in [6.07, 6.45) is 6.08. The van der Waals surface area contributed by atoms with Crippen molar-refractivity contribution in [1.29, 1.82) is 0 Å². The number of carbonyl (C=O) groups is 1. The Morgan fingerprint density at radius 1 is 1.12 bits per heavy atom. The molecule has 4 heteroatoms. The molecular weight excluding hydrogens is 310 g/mol. The van der Waals surface area contributed by atoms with Gasteiger partial charge in [0, 0.05) is 23.6 Å². The van der Waals surface area contributed by atoms with Crippen molar-refractivity contribution in [2.24, 2.45) is 0 Å². The van der Waals surface area contributed by atoms with E-state index in [1.807, 2.05) is 24.4 Å². The van der Waals surface area contributed by atoms with Crippen LogP contribution < -0.4 is 10.6 Å². The molecule has 0 saturated heterocycles. The van der Waals surface area contributed by atoms with Crippen LogP contribution in [-0.4, -0.2) is 17.6 Å². The fourth-order valence-corrected chi connectivity index (χ4v) is 3.76. The number of aromatic nitrogens is 1. The van der Waals surface area contributed by atoms with E-state index in [9.17, 15) is 4.79 Å². The van der Waals surface area contributed by atoms with Crippen LogP contribution in [0.3, 0.4) is 0 Å². The third kappa shape index (κ3) is 3.38. The third-order valence-corrected chi connectivity index (χ3v) is 5.03. The second-order valence-corrected chi connectivity index (χ2v) is 6.65. The molecule has 25 heavy (non-hydrogen) atoms. The van der Waals surface area contributed by atoms with Gasteiger partial charge in [-0.1, -0.05) is 42.5 Å². The molecule has 0 spiro atoms. The van der Waals surface area contributed by atoms with E-state index in [2.05, 4.69) is 45.9 Å². The van der Waals surface area contributed by atoms with Gasteiger partial charge in [-0.05, 0) is 48.4 Å². The number of carbonyl (C=O) groups excluding carboxylic acids is 1. The maximum absolute atomic E-state index is 12.3. The molecule has 1 atom stereocenters. The normalized spacial score (nSPS) is 16.4. The first kappa shape index (κ1) is 15.8. The average molecular weight is 333 g/mol. The highest BCUT2D eigenvalue weighted by Gasteiger charge is 2.21. The van der Waals surface area contributed by atoms with Crippen LogP contribution in [0.4, 0.5) is 4.79 Å². The summed E-state index contributed by atoms with van der Waals surface area (Å²) in [5.41, 5.74) is 5.00. The molecule has 2 amide bonds. The number of benzene rings is 2. The Morgan fingerprint density at radius 2 is 1.96 bits per heavy atom. The zero-order chi connectivity index (χ0) is 17.1. The molecule has 2 aromatic carbocycles. The Balaban J connectivity index is 1.33. The van der Waals surface area contributed by atoms with Gasteiger partial charge in [-0.3, -0.25) is 0 Å². The molecule has 0 saturated carbocycles. The highest BCUT2D eigenvalue weighted by Crippen LogP contribution is 2.29. The van der Waals surface area contributed by atoms with Gasteiger partial charge < -0.3 is 15.6 Å². The lowest BCUT2D eigenvalue weighted by atomic mass is 9.88. The fraction of sp³-hybridized carbons (Fsp3) is 0.286. The molecular formula is C21H23N3O. The molecule has 128 valence electrons. The van der Waals surface area contributed by atoms with Crippen LogP contribution in [0, 0.1) is 0 Å². The van der Waals surface area contributed by atoms with Crippen molar-refractivity contribution in [2.75, 3.05) is 6.54 Å². The van der Waals surface area contributed by atoms with Gasteiger partial charge >= 0.3 is 6.03 Å². The van der Waals surface area contributed by atoms with Gasteiger partial charge in [-0.25, -0.2) is 4.79 Å². The number of H-pyrrole nitrogens is 1. The van der Waals surface area contributed by atoms with Gasteiger partial charge in [0.25, 0.3) is 0 Å². The largest absolute Gasteiger partial charge is 0.361 e. The lowest BCUT2D eigenvalue weighted by molar-refractivity contribution is 0.235. The average Bonchev–Trinajstić information content (AvgIpc) is 3.05. The number of amides is 2. The van der Waals surface area contributed by atoms with Gasteiger partial charge in [0.15, 0.2) is 0 Å². The van der Waals surface area contributed by atoms with Crippen molar-refractivity contribution in [3.8, 4) is 0 Å². The molecule has 0 bridgehead atoms. The highest BCUT2D eigenvalue weighted by atomic mass is 16.2. The third-order valence-electron chi connectivity index (χ3n) is 5.03. The number of aromatic amines is 1. The Hall–Kier alpha value is -2.75. The number of para-hydroxylation sites is 1. The summed E-state index contributed by atoms with van der Waals surface area (Å²) in [5.74, 6) is 0. The summed E-state index contributed by atoms with van der Waals surface area (Å²) in [6.45, 7) is 0.627. The van der Waals surface area contributed by atoms with E-state index in [-0.39, 0.29) is 12.1 Å². The van der Waals surface area contributed by atoms with Crippen molar-refractivity contribution < 1.29 is 4.79 Å². The van der Waals surface area contributed by atoms with Gasteiger partial charge in [0.05, 0.1) is 6.04 Å². The second-order valence-electron chi connectivity index (χ2n) is 6.65. The number of aryl methyl sites for hydroxylation is 1. The molecule has 1 heterocycles. The predicted molar refractivity (Wildman–Crippen MR) is 101 cm³/mol. The summed E-state index contributed by atoms with van der Waals surface area (Å²) in [5, 5.41) is 7.36. The predicted octanol–water partition coefficient (Wildman–Crippen LogP) is 4.09. The molecule has 1 aliphatic rings. The SMILES string of the molecule is O=C(NCCc1c[nH]c2ccccc12)N[C@@H]1CCCc2ccccc21. The van der Waals surface area contributed by atoms with Gasteiger partial charge in [0.2, 0.25) is 0 Å². The fourth-order valence-electron chi connectivity index (χ4n) is 3.76. The zero-order valence-corrected chi connectivity index (χ0v) is 14.2. The van der Waals surface area contributed by atoms with Crippen molar-refractivity contribution >= 4 is 16.9 Å². The second kappa shape index (κ2) is 7.01. The number of rotatable bonds is 4. The minimum Gasteiger partial charge on any atom is -0.361 e. The highest BCUT2D eigenvalue weighted by molar-refractivity contribution is 5.83. The van der Waals surface area contributed by atoms with Crippen LogP contribution in [0.25, 0.3) is 10.9 Å². The minimum absolute atomic E-state index is 0.0819. The van der Waals surface area contributed by atoms with E-state index in [1.54, 1.807) is 0 Å². The van der Waals surface area contributed by atoms with E-state index in [0.29, 0.717) is 6.54 Å². The van der Waals surface area contributed by atoms with E-state index in [0.717, 1.165) is 31.2 Å². The standard InChI is InChI=1S/C21H23N3O/c25-21(24-20-11-5-7-15-6-1-2-8-17(15)20)22-13-12-16-14-23-19-10-4-3-9-18(16)19/h1-4,6,8-10,14,20,23H,5,7,11-13H2,(H2,22,24,25)/t20-/m1/s1. The van der Waals surface area contributed by atoms with E-state index in [4.69, 9.17) is 0 Å². The maximum Gasteiger partial charge on any atom is 0.315 e. The van der Waals surface area contributed by atoms with Crippen molar-refractivity contribution in [3.05, 3.63) is 71.4 Å². The van der Waals surface area contributed by atoms with E-state index in [1.165, 1.54) is 22.1 Å². The zero-order valence-electron chi connectivity index (χ0n) is 14.2. The molecule has 1 aliphatic carbocycles.